The van der Waals surface area contributed by atoms with Gasteiger partial charge in [-0.05, 0) is 42.8 Å². The van der Waals surface area contributed by atoms with Crippen LogP contribution in [0, 0.1) is 18.3 Å². The molecule has 7 nitrogen and oxygen atoms in total. The van der Waals surface area contributed by atoms with Gasteiger partial charge in [-0.15, -0.1) is 0 Å². The number of anilines is 1. The normalized spacial score (nSPS) is 11.2. The summed E-state index contributed by atoms with van der Waals surface area (Å²) in [5.74, 6) is -0.314. The molecule has 164 valence electrons. The average Bonchev–Trinajstić information content (AvgIpc) is 3.43. The minimum atomic E-state index is -0.541. The van der Waals surface area contributed by atoms with Gasteiger partial charge in [0.1, 0.15) is 17.4 Å². The Bertz CT molecular complexity index is 1420. The van der Waals surface area contributed by atoms with Crippen LogP contribution in [-0.4, -0.2) is 23.6 Å². The number of ether oxygens (including phenoxy) is 1. The minimum Gasteiger partial charge on any atom is -0.463 e. The quantitative estimate of drug-likeness (QED) is 0.261. The Kier molecular flexibility index (Phi) is 6.09. The molecular weight excluding hydrogens is 418 g/mol. The molecule has 0 fully saturated rings. The molecule has 2 aromatic heterocycles. The molecule has 0 aliphatic rings. The molecule has 1 N–H and O–H groups in total. The smallest absolute Gasteiger partial charge is 0.373 e. The van der Waals surface area contributed by atoms with E-state index in [4.69, 9.17) is 4.42 Å². The molecule has 0 spiro atoms. The zero-order valence-electron chi connectivity index (χ0n) is 18.2. The molecule has 4 rings (SSSR count). The molecule has 0 aliphatic heterocycles. The molecular formula is C26H21N3O4. The summed E-state index contributed by atoms with van der Waals surface area (Å²) >= 11 is 0. The average molecular weight is 439 g/mol. The van der Waals surface area contributed by atoms with Crippen molar-refractivity contribution < 1.29 is 18.7 Å². The molecule has 0 saturated carbocycles. The number of furan rings is 1. The van der Waals surface area contributed by atoms with Crippen LogP contribution in [0.3, 0.4) is 0 Å². The van der Waals surface area contributed by atoms with E-state index in [1.165, 1.54) is 7.11 Å². The molecule has 33 heavy (non-hydrogen) atoms. The lowest BCUT2D eigenvalue weighted by Gasteiger charge is -2.07. The highest BCUT2D eigenvalue weighted by molar-refractivity contribution is 6.11. The van der Waals surface area contributed by atoms with Gasteiger partial charge in [0.05, 0.1) is 13.7 Å². The van der Waals surface area contributed by atoms with Crippen LogP contribution in [0.1, 0.15) is 27.4 Å². The lowest BCUT2D eigenvalue weighted by atomic mass is 10.1. The third-order valence-electron chi connectivity index (χ3n) is 5.25. The van der Waals surface area contributed by atoms with Crippen LogP contribution in [0.5, 0.6) is 0 Å². The molecule has 0 radical (unpaired) electrons. The van der Waals surface area contributed by atoms with Crippen molar-refractivity contribution in [3.63, 3.8) is 0 Å². The lowest BCUT2D eigenvalue weighted by Crippen LogP contribution is -2.14. The molecule has 0 saturated heterocycles. The summed E-state index contributed by atoms with van der Waals surface area (Å²) in [5.41, 5.74) is 3.18. The first-order valence-electron chi connectivity index (χ1n) is 10.2. The Balaban J connectivity index is 1.66. The molecule has 7 heteroatoms. The van der Waals surface area contributed by atoms with Gasteiger partial charge < -0.3 is 19.0 Å². The molecule has 0 unspecified atom stereocenters. The van der Waals surface area contributed by atoms with Gasteiger partial charge in [0.25, 0.3) is 5.91 Å². The largest absolute Gasteiger partial charge is 0.463 e. The van der Waals surface area contributed by atoms with Gasteiger partial charge in [-0.25, -0.2) is 4.79 Å². The monoisotopic (exact) mass is 439 g/mol. The van der Waals surface area contributed by atoms with Crippen LogP contribution < -0.4 is 5.32 Å². The number of esters is 1. The number of fused-ring (bicyclic) bond motifs is 1. The number of carbonyl (C=O) groups is 2. The fourth-order valence-corrected chi connectivity index (χ4v) is 3.57. The van der Waals surface area contributed by atoms with Gasteiger partial charge in [-0.2, -0.15) is 5.26 Å². The molecule has 1 amide bonds. The van der Waals surface area contributed by atoms with Gasteiger partial charge in [-0.3, -0.25) is 4.79 Å². The van der Waals surface area contributed by atoms with E-state index < -0.39 is 11.9 Å². The summed E-state index contributed by atoms with van der Waals surface area (Å²) in [6.07, 6.45) is 3.43. The van der Waals surface area contributed by atoms with E-state index in [-0.39, 0.29) is 11.3 Å². The second-order valence-corrected chi connectivity index (χ2v) is 7.43. The summed E-state index contributed by atoms with van der Waals surface area (Å²) in [6, 6.07) is 20.3. The predicted molar refractivity (Wildman–Crippen MR) is 124 cm³/mol. The maximum Gasteiger partial charge on any atom is 0.373 e. The number of hydrogen-bond acceptors (Lipinski definition) is 5. The SMILES string of the molecule is COC(=O)c1ccc(Cn2cc(/C=C(/C#N)C(=O)Nc3ccccc3C)c3ccccc32)o1. The Morgan fingerprint density at radius 3 is 2.64 bits per heavy atom. The lowest BCUT2D eigenvalue weighted by molar-refractivity contribution is -0.112. The van der Waals surface area contributed by atoms with Crippen LogP contribution in [-0.2, 0) is 16.1 Å². The Labute approximate surface area is 190 Å². The van der Waals surface area contributed by atoms with Crippen LogP contribution in [0.4, 0.5) is 5.69 Å². The van der Waals surface area contributed by atoms with Gasteiger partial charge in [0.2, 0.25) is 5.76 Å². The first kappa shape index (κ1) is 21.7. The maximum absolute atomic E-state index is 12.8. The summed E-state index contributed by atoms with van der Waals surface area (Å²) in [7, 11) is 1.30. The molecule has 0 atom stereocenters. The minimum absolute atomic E-state index is 0.00728. The summed E-state index contributed by atoms with van der Waals surface area (Å²) in [4.78, 5) is 24.4. The van der Waals surface area contributed by atoms with Crippen molar-refractivity contribution in [3.05, 3.63) is 95.1 Å². The zero-order chi connectivity index (χ0) is 23.4. The van der Waals surface area contributed by atoms with Crippen molar-refractivity contribution in [1.82, 2.24) is 4.57 Å². The van der Waals surface area contributed by atoms with E-state index in [2.05, 4.69) is 10.1 Å². The van der Waals surface area contributed by atoms with Crippen LogP contribution in [0.25, 0.3) is 17.0 Å². The number of nitrogens with zero attached hydrogens (tertiary/aromatic N) is 2. The first-order valence-corrected chi connectivity index (χ1v) is 10.2. The van der Waals surface area contributed by atoms with Crippen molar-refractivity contribution in [3.8, 4) is 6.07 Å². The Morgan fingerprint density at radius 2 is 1.88 bits per heavy atom. The summed E-state index contributed by atoms with van der Waals surface area (Å²) < 4.78 is 12.2. The second-order valence-electron chi connectivity index (χ2n) is 7.43. The molecule has 0 aliphatic carbocycles. The second kappa shape index (κ2) is 9.28. The van der Waals surface area contributed by atoms with Crippen molar-refractivity contribution in [2.24, 2.45) is 0 Å². The number of aryl methyl sites for hydroxylation is 1. The standard InChI is InChI=1S/C26H21N3O4/c1-17-7-3-5-9-22(17)28-25(30)18(14-27)13-19-15-29(23-10-6-4-8-21(19)23)16-20-11-12-24(33-20)26(31)32-2/h3-13,15H,16H2,1-2H3,(H,28,30)/b18-13-. The zero-order valence-corrected chi connectivity index (χ0v) is 18.2. The highest BCUT2D eigenvalue weighted by Gasteiger charge is 2.15. The topological polar surface area (TPSA) is 97.3 Å². The van der Waals surface area contributed by atoms with Crippen molar-refractivity contribution >= 4 is 34.5 Å². The Morgan fingerprint density at radius 1 is 1.12 bits per heavy atom. The fraction of sp³-hybridized carbons (Fsp3) is 0.115. The van der Waals surface area contributed by atoms with Gasteiger partial charge in [0.15, 0.2) is 0 Å². The number of para-hydroxylation sites is 2. The van der Waals surface area contributed by atoms with Crippen molar-refractivity contribution in [2.75, 3.05) is 12.4 Å². The van der Waals surface area contributed by atoms with E-state index in [1.807, 2.05) is 66.2 Å². The van der Waals surface area contributed by atoms with Crippen LogP contribution in [0.15, 0.2) is 76.9 Å². The van der Waals surface area contributed by atoms with Crippen molar-refractivity contribution in [1.29, 1.82) is 5.26 Å². The fourth-order valence-electron chi connectivity index (χ4n) is 3.57. The third kappa shape index (κ3) is 4.55. The number of carbonyl (C=O) groups excluding carboxylic acids is 2. The van der Waals surface area contributed by atoms with E-state index in [0.717, 1.165) is 22.0 Å². The molecule has 4 aromatic rings. The van der Waals surface area contributed by atoms with Gasteiger partial charge in [0, 0.05) is 28.4 Å². The highest BCUT2D eigenvalue weighted by Crippen LogP contribution is 2.25. The van der Waals surface area contributed by atoms with Crippen molar-refractivity contribution in [2.45, 2.75) is 13.5 Å². The van der Waals surface area contributed by atoms with E-state index >= 15 is 0 Å². The molecule has 0 bridgehead atoms. The highest BCUT2D eigenvalue weighted by atomic mass is 16.5. The number of benzene rings is 2. The number of nitriles is 1. The Hall–Kier alpha value is -4.57. The van der Waals surface area contributed by atoms with Gasteiger partial charge in [-0.1, -0.05) is 36.4 Å². The first-order chi connectivity index (χ1) is 16.0. The van der Waals surface area contributed by atoms with Gasteiger partial charge >= 0.3 is 5.97 Å². The molecule has 2 heterocycles. The maximum atomic E-state index is 12.8. The number of rotatable bonds is 6. The summed E-state index contributed by atoms with van der Waals surface area (Å²) in [5, 5.41) is 13.3. The van der Waals surface area contributed by atoms with E-state index in [1.54, 1.807) is 24.3 Å². The molecule has 2 aromatic carbocycles. The summed E-state index contributed by atoms with van der Waals surface area (Å²) in [6.45, 7) is 2.25. The number of amides is 1. The van der Waals surface area contributed by atoms with Crippen LogP contribution >= 0.6 is 0 Å². The van der Waals surface area contributed by atoms with Crippen LogP contribution in [0.2, 0.25) is 0 Å². The predicted octanol–water partition coefficient (Wildman–Crippen LogP) is 4.92. The third-order valence-corrected chi connectivity index (χ3v) is 5.25. The number of aromatic nitrogens is 1. The number of methoxy groups -OCH3 is 1. The van der Waals surface area contributed by atoms with E-state index in [9.17, 15) is 14.9 Å². The number of hydrogen-bond donors (Lipinski definition) is 1. The van der Waals surface area contributed by atoms with E-state index in [0.29, 0.717) is 18.0 Å². The number of nitrogens with one attached hydrogen (secondary N) is 1.